The number of hydrogen-bond acceptors (Lipinski definition) is 3. The van der Waals surface area contributed by atoms with E-state index in [4.69, 9.17) is 5.26 Å². The number of nitrogens with zero attached hydrogens (tertiary/aromatic N) is 2. The molecule has 0 unspecified atom stereocenters. The van der Waals surface area contributed by atoms with Gasteiger partial charge in [0, 0.05) is 0 Å². The van der Waals surface area contributed by atoms with Gasteiger partial charge in [-0.05, 0) is 31.0 Å². The number of benzene rings is 1. The van der Waals surface area contributed by atoms with E-state index in [-0.39, 0.29) is 0 Å². The van der Waals surface area contributed by atoms with Crippen LogP contribution >= 0.6 is 0 Å². The Balaban J connectivity index is 2.66. The van der Waals surface area contributed by atoms with Gasteiger partial charge in [0.05, 0.1) is 11.0 Å². The van der Waals surface area contributed by atoms with Crippen LogP contribution in [0.15, 0.2) is 12.1 Å². The molecule has 2 N–H and O–H groups in total. The Labute approximate surface area is 81.6 Å². The predicted octanol–water partition coefficient (Wildman–Crippen LogP) is 2.07. The highest BCUT2D eigenvalue weighted by Gasteiger charge is 2.05. The number of aryl methyl sites for hydroxylation is 2. The summed E-state index contributed by atoms with van der Waals surface area (Å²) < 4.78 is 0. The number of H-pyrrole nitrogens is 1. The Bertz CT molecular complexity index is 519. The third-order valence-corrected chi connectivity index (χ3v) is 2.35. The zero-order chi connectivity index (χ0) is 10.1. The fraction of sp³-hybridized carbons (Fsp3) is 0.200. The quantitative estimate of drug-likeness (QED) is 0.529. The molecule has 0 bridgehead atoms. The number of rotatable bonds is 1. The van der Waals surface area contributed by atoms with E-state index in [1.807, 2.05) is 32.2 Å². The molecule has 0 fully saturated rings. The van der Waals surface area contributed by atoms with Crippen molar-refractivity contribution in [3.05, 3.63) is 23.3 Å². The number of hydrogen-bond donors (Lipinski definition) is 2. The molecule has 0 radical (unpaired) electrons. The van der Waals surface area contributed by atoms with Crippen LogP contribution in [0.3, 0.4) is 0 Å². The van der Waals surface area contributed by atoms with Crippen molar-refractivity contribution >= 4 is 17.0 Å². The average molecular weight is 186 g/mol. The molecule has 4 heteroatoms. The molecule has 14 heavy (non-hydrogen) atoms. The summed E-state index contributed by atoms with van der Waals surface area (Å²) in [6, 6.07) is 4.00. The minimum Gasteiger partial charge on any atom is -0.323 e. The van der Waals surface area contributed by atoms with E-state index >= 15 is 0 Å². The summed E-state index contributed by atoms with van der Waals surface area (Å²) in [6.45, 7) is 4.06. The van der Waals surface area contributed by atoms with Gasteiger partial charge in [-0.2, -0.15) is 5.26 Å². The van der Waals surface area contributed by atoms with E-state index < -0.39 is 0 Å². The van der Waals surface area contributed by atoms with Crippen molar-refractivity contribution < 1.29 is 0 Å². The van der Waals surface area contributed by atoms with Crippen LogP contribution in [0.4, 0.5) is 5.95 Å². The summed E-state index contributed by atoms with van der Waals surface area (Å²) in [4.78, 5) is 7.29. The third kappa shape index (κ3) is 1.19. The standard InChI is InChI=1S/C10H10N4/c1-6-3-4-8-9(7(6)2)14-10(13-8)12-5-11/h3-4H,1-2H3,(H2,12,13,14). The van der Waals surface area contributed by atoms with E-state index in [9.17, 15) is 0 Å². The first-order valence-corrected chi connectivity index (χ1v) is 4.33. The lowest BCUT2D eigenvalue weighted by atomic mass is 10.1. The van der Waals surface area contributed by atoms with E-state index in [0.29, 0.717) is 5.95 Å². The highest BCUT2D eigenvalue weighted by Crippen LogP contribution is 2.20. The van der Waals surface area contributed by atoms with Gasteiger partial charge in [0.15, 0.2) is 6.19 Å². The van der Waals surface area contributed by atoms with Gasteiger partial charge < -0.3 is 4.98 Å². The van der Waals surface area contributed by atoms with Gasteiger partial charge in [-0.15, -0.1) is 0 Å². The maximum atomic E-state index is 8.45. The molecule has 1 aromatic carbocycles. The summed E-state index contributed by atoms with van der Waals surface area (Å²) in [7, 11) is 0. The van der Waals surface area contributed by atoms with Gasteiger partial charge in [-0.3, -0.25) is 5.32 Å². The van der Waals surface area contributed by atoms with Crippen LogP contribution in [-0.2, 0) is 0 Å². The number of aromatic nitrogens is 2. The molecule has 0 amide bonds. The molecule has 2 rings (SSSR count). The second kappa shape index (κ2) is 3.04. The summed E-state index contributed by atoms with van der Waals surface area (Å²) in [5.41, 5.74) is 4.21. The number of imidazole rings is 1. The molecule has 70 valence electrons. The predicted molar refractivity (Wildman–Crippen MR) is 54.8 cm³/mol. The molecule has 0 aliphatic heterocycles. The van der Waals surface area contributed by atoms with Crippen molar-refractivity contribution in [1.82, 2.24) is 9.97 Å². The van der Waals surface area contributed by atoms with Crippen LogP contribution in [0.25, 0.3) is 11.0 Å². The van der Waals surface area contributed by atoms with Crippen LogP contribution in [0.5, 0.6) is 0 Å². The van der Waals surface area contributed by atoms with Gasteiger partial charge in [0.25, 0.3) is 0 Å². The lowest BCUT2D eigenvalue weighted by Crippen LogP contribution is -1.88. The first-order chi connectivity index (χ1) is 6.72. The van der Waals surface area contributed by atoms with Crippen molar-refractivity contribution in [2.24, 2.45) is 0 Å². The lowest BCUT2D eigenvalue weighted by Gasteiger charge is -1.97. The van der Waals surface area contributed by atoms with E-state index in [1.165, 1.54) is 5.56 Å². The van der Waals surface area contributed by atoms with Crippen molar-refractivity contribution in [2.45, 2.75) is 13.8 Å². The van der Waals surface area contributed by atoms with E-state index in [0.717, 1.165) is 16.6 Å². The monoisotopic (exact) mass is 186 g/mol. The molecule has 0 aliphatic carbocycles. The smallest absolute Gasteiger partial charge is 0.214 e. The zero-order valence-electron chi connectivity index (χ0n) is 8.05. The molecule has 0 saturated heterocycles. The Morgan fingerprint density at radius 3 is 2.93 bits per heavy atom. The normalized spacial score (nSPS) is 10.1. The largest absolute Gasteiger partial charge is 0.323 e. The summed E-state index contributed by atoms with van der Waals surface area (Å²) in [5, 5.41) is 10.9. The highest BCUT2D eigenvalue weighted by atomic mass is 15.1. The lowest BCUT2D eigenvalue weighted by molar-refractivity contribution is 1.30. The maximum absolute atomic E-state index is 8.45. The molecular weight excluding hydrogens is 176 g/mol. The SMILES string of the molecule is Cc1ccc2[nH]c(NC#N)nc2c1C. The van der Waals surface area contributed by atoms with Gasteiger partial charge >= 0.3 is 0 Å². The van der Waals surface area contributed by atoms with Crippen LogP contribution in [0.1, 0.15) is 11.1 Å². The van der Waals surface area contributed by atoms with Crippen molar-refractivity contribution in [2.75, 3.05) is 5.32 Å². The molecule has 2 aromatic rings. The van der Waals surface area contributed by atoms with Crippen LogP contribution in [0.2, 0.25) is 0 Å². The van der Waals surface area contributed by atoms with Crippen molar-refractivity contribution in [1.29, 1.82) is 5.26 Å². The summed E-state index contributed by atoms with van der Waals surface area (Å²) in [5.74, 6) is 0.496. The average Bonchev–Trinajstić information content (AvgIpc) is 2.56. The number of aromatic amines is 1. The minimum atomic E-state index is 0.496. The maximum Gasteiger partial charge on any atom is 0.214 e. The summed E-state index contributed by atoms with van der Waals surface area (Å²) >= 11 is 0. The van der Waals surface area contributed by atoms with Gasteiger partial charge in [-0.1, -0.05) is 6.07 Å². The number of anilines is 1. The van der Waals surface area contributed by atoms with Crippen LogP contribution < -0.4 is 5.32 Å². The summed E-state index contributed by atoms with van der Waals surface area (Å²) in [6.07, 6.45) is 1.84. The molecule has 4 nitrogen and oxygen atoms in total. The van der Waals surface area contributed by atoms with E-state index in [2.05, 4.69) is 15.3 Å². The first kappa shape index (κ1) is 8.57. The highest BCUT2D eigenvalue weighted by molar-refractivity contribution is 5.82. The minimum absolute atomic E-state index is 0.496. The third-order valence-electron chi connectivity index (χ3n) is 2.35. The van der Waals surface area contributed by atoms with Crippen LogP contribution in [0, 0.1) is 25.3 Å². The molecule has 0 atom stereocenters. The second-order valence-electron chi connectivity index (χ2n) is 3.23. The molecule has 0 aliphatic rings. The number of nitriles is 1. The Morgan fingerprint density at radius 1 is 1.43 bits per heavy atom. The van der Waals surface area contributed by atoms with Gasteiger partial charge in [0.2, 0.25) is 5.95 Å². The zero-order valence-corrected chi connectivity index (χ0v) is 8.05. The van der Waals surface area contributed by atoms with Gasteiger partial charge in [0.1, 0.15) is 0 Å². The molecule has 0 spiro atoms. The topological polar surface area (TPSA) is 64.5 Å². The molecule has 1 aromatic heterocycles. The number of fused-ring (bicyclic) bond motifs is 1. The Morgan fingerprint density at radius 2 is 2.21 bits per heavy atom. The fourth-order valence-electron chi connectivity index (χ4n) is 1.43. The molecule has 0 saturated carbocycles. The number of nitrogens with one attached hydrogen (secondary N) is 2. The van der Waals surface area contributed by atoms with Crippen molar-refractivity contribution in [3.63, 3.8) is 0 Å². The van der Waals surface area contributed by atoms with Gasteiger partial charge in [-0.25, -0.2) is 4.98 Å². The first-order valence-electron chi connectivity index (χ1n) is 4.33. The van der Waals surface area contributed by atoms with E-state index in [1.54, 1.807) is 0 Å². The molecular formula is C10H10N4. The Kier molecular flexibility index (Phi) is 1.86. The second-order valence-corrected chi connectivity index (χ2v) is 3.23. The molecule has 1 heterocycles. The van der Waals surface area contributed by atoms with Crippen molar-refractivity contribution in [3.8, 4) is 6.19 Å². The fourth-order valence-corrected chi connectivity index (χ4v) is 1.43. The Hall–Kier alpha value is -2.02. The van der Waals surface area contributed by atoms with Crippen LogP contribution in [-0.4, -0.2) is 9.97 Å².